The van der Waals surface area contributed by atoms with Crippen molar-refractivity contribution in [3.63, 3.8) is 0 Å². The summed E-state index contributed by atoms with van der Waals surface area (Å²) in [6.07, 6.45) is 4.00. The Morgan fingerprint density at radius 2 is 1.93 bits per heavy atom. The van der Waals surface area contributed by atoms with Crippen LogP contribution in [-0.4, -0.2) is 5.91 Å². The van der Waals surface area contributed by atoms with Gasteiger partial charge in [-0.05, 0) is 36.5 Å². The number of carbonyl (C=O) groups is 1. The van der Waals surface area contributed by atoms with Crippen molar-refractivity contribution in [3.8, 4) is 0 Å². The largest absolute Gasteiger partial charge is 0.326 e. The van der Waals surface area contributed by atoms with Crippen molar-refractivity contribution in [3.05, 3.63) is 29.8 Å². The second kappa shape index (κ2) is 3.82. The van der Waals surface area contributed by atoms with E-state index >= 15 is 0 Å². The molecule has 14 heavy (non-hydrogen) atoms. The molecule has 0 spiro atoms. The second-order valence-corrected chi connectivity index (χ2v) is 3.93. The highest BCUT2D eigenvalue weighted by molar-refractivity contribution is 5.88. The average molecular weight is 189 g/mol. The molecule has 0 radical (unpaired) electrons. The van der Waals surface area contributed by atoms with E-state index in [1.165, 1.54) is 31.7 Å². The number of rotatable bonds is 2. The minimum Gasteiger partial charge on any atom is -0.326 e. The number of benzene rings is 1. The van der Waals surface area contributed by atoms with Gasteiger partial charge in [-0.3, -0.25) is 4.79 Å². The molecule has 1 amide bonds. The quantitative estimate of drug-likeness (QED) is 0.761. The van der Waals surface area contributed by atoms with Crippen LogP contribution in [0.5, 0.6) is 0 Å². The first-order valence-electron chi connectivity index (χ1n) is 5.13. The van der Waals surface area contributed by atoms with E-state index in [9.17, 15) is 4.79 Å². The van der Waals surface area contributed by atoms with Gasteiger partial charge < -0.3 is 5.32 Å². The summed E-state index contributed by atoms with van der Waals surface area (Å²) in [5.74, 6) is 0.753. The zero-order valence-corrected chi connectivity index (χ0v) is 8.42. The predicted molar refractivity (Wildman–Crippen MR) is 57.3 cm³/mol. The maximum Gasteiger partial charge on any atom is 0.221 e. The fourth-order valence-electron chi connectivity index (χ4n) is 1.78. The highest BCUT2D eigenvalue weighted by Gasteiger charge is 2.18. The molecule has 0 saturated heterocycles. The van der Waals surface area contributed by atoms with E-state index in [0.717, 1.165) is 11.6 Å². The third kappa shape index (κ3) is 1.95. The Labute approximate surface area is 84.3 Å². The van der Waals surface area contributed by atoms with E-state index in [2.05, 4.69) is 17.4 Å². The van der Waals surface area contributed by atoms with Crippen LogP contribution in [0.4, 0.5) is 5.69 Å². The first-order chi connectivity index (χ1) is 6.75. The van der Waals surface area contributed by atoms with Gasteiger partial charge in [-0.25, -0.2) is 0 Å². The third-order valence-electron chi connectivity index (χ3n) is 2.81. The lowest BCUT2D eigenvalue weighted by atomic mass is 9.80. The van der Waals surface area contributed by atoms with Crippen LogP contribution in [0.25, 0.3) is 0 Å². The Hall–Kier alpha value is -1.31. The molecule has 2 heteroatoms. The van der Waals surface area contributed by atoms with Gasteiger partial charge in [-0.15, -0.1) is 0 Å². The first-order valence-corrected chi connectivity index (χ1v) is 5.13. The van der Waals surface area contributed by atoms with Gasteiger partial charge in [0.1, 0.15) is 0 Å². The monoisotopic (exact) mass is 189 g/mol. The summed E-state index contributed by atoms with van der Waals surface area (Å²) < 4.78 is 0. The molecule has 1 aliphatic rings. The SMILES string of the molecule is CC(=O)Nc1ccc(C2CCC2)cc1. The summed E-state index contributed by atoms with van der Waals surface area (Å²) in [7, 11) is 0. The molecular weight excluding hydrogens is 174 g/mol. The molecule has 0 aromatic heterocycles. The van der Waals surface area contributed by atoms with Gasteiger partial charge in [0.2, 0.25) is 5.91 Å². The lowest BCUT2D eigenvalue weighted by Crippen LogP contribution is -2.09. The van der Waals surface area contributed by atoms with Crippen LogP contribution in [0.1, 0.15) is 37.7 Å². The Morgan fingerprint density at radius 3 is 2.36 bits per heavy atom. The maximum atomic E-state index is 10.8. The Bertz CT molecular complexity index is 325. The molecule has 1 N–H and O–H groups in total. The van der Waals surface area contributed by atoms with E-state index in [4.69, 9.17) is 0 Å². The maximum absolute atomic E-state index is 10.8. The molecular formula is C12H15NO. The standard InChI is InChI=1S/C12H15NO/c1-9(14)13-12-7-5-11(6-8-12)10-3-2-4-10/h5-8,10H,2-4H2,1H3,(H,13,14). The molecule has 0 aliphatic heterocycles. The molecule has 74 valence electrons. The summed E-state index contributed by atoms with van der Waals surface area (Å²) in [6.45, 7) is 1.53. The van der Waals surface area contributed by atoms with Gasteiger partial charge in [0, 0.05) is 12.6 Å². The number of carbonyl (C=O) groups excluding carboxylic acids is 1. The molecule has 1 fully saturated rings. The van der Waals surface area contributed by atoms with E-state index in [0.29, 0.717) is 0 Å². The van der Waals surface area contributed by atoms with Crippen LogP contribution < -0.4 is 5.32 Å². The summed E-state index contributed by atoms with van der Waals surface area (Å²) in [5, 5.41) is 2.77. The normalized spacial score (nSPS) is 16.1. The summed E-state index contributed by atoms with van der Waals surface area (Å²) >= 11 is 0. The van der Waals surface area contributed by atoms with Crippen LogP contribution in [0.2, 0.25) is 0 Å². The minimum absolute atomic E-state index is 0.0126. The molecule has 0 atom stereocenters. The van der Waals surface area contributed by atoms with E-state index in [1.54, 1.807) is 0 Å². The van der Waals surface area contributed by atoms with Crippen molar-refractivity contribution in [2.45, 2.75) is 32.1 Å². The second-order valence-electron chi connectivity index (χ2n) is 3.93. The number of nitrogens with one attached hydrogen (secondary N) is 1. The lowest BCUT2D eigenvalue weighted by Gasteiger charge is -2.25. The van der Waals surface area contributed by atoms with Crippen molar-refractivity contribution in [1.29, 1.82) is 0 Å². The Morgan fingerprint density at radius 1 is 1.29 bits per heavy atom. The third-order valence-corrected chi connectivity index (χ3v) is 2.81. The molecule has 2 rings (SSSR count). The molecule has 1 aromatic carbocycles. The number of amides is 1. The first kappa shape index (κ1) is 9.25. The van der Waals surface area contributed by atoms with Crippen LogP contribution in [0, 0.1) is 0 Å². The van der Waals surface area contributed by atoms with E-state index in [1.807, 2.05) is 12.1 Å². The molecule has 1 aromatic rings. The fourth-order valence-corrected chi connectivity index (χ4v) is 1.78. The van der Waals surface area contributed by atoms with Crippen molar-refractivity contribution < 1.29 is 4.79 Å². The van der Waals surface area contributed by atoms with E-state index in [-0.39, 0.29) is 5.91 Å². The highest BCUT2D eigenvalue weighted by atomic mass is 16.1. The van der Waals surface area contributed by atoms with Gasteiger partial charge >= 0.3 is 0 Å². The molecule has 1 aliphatic carbocycles. The van der Waals surface area contributed by atoms with Crippen LogP contribution >= 0.6 is 0 Å². The van der Waals surface area contributed by atoms with Crippen molar-refractivity contribution >= 4 is 11.6 Å². The van der Waals surface area contributed by atoms with Crippen molar-refractivity contribution in [2.24, 2.45) is 0 Å². The summed E-state index contributed by atoms with van der Waals surface area (Å²) in [6, 6.07) is 8.20. The molecule has 0 bridgehead atoms. The fraction of sp³-hybridized carbons (Fsp3) is 0.417. The van der Waals surface area contributed by atoms with Gasteiger partial charge in [0.25, 0.3) is 0 Å². The number of anilines is 1. The number of hydrogen-bond acceptors (Lipinski definition) is 1. The highest BCUT2D eigenvalue weighted by Crippen LogP contribution is 2.36. The Balaban J connectivity index is 2.05. The van der Waals surface area contributed by atoms with Gasteiger partial charge in [0.05, 0.1) is 0 Å². The summed E-state index contributed by atoms with van der Waals surface area (Å²) in [4.78, 5) is 10.8. The molecule has 0 unspecified atom stereocenters. The lowest BCUT2D eigenvalue weighted by molar-refractivity contribution is -0.114. The van der Waals surface area contributed by atoms with Crippen molar-refractivity contribution in [2.75, 3.05) is 5.32 Å². The number of hydrogen-bond donors (Lipinski definition) is 1. The molecule has 0 heterocycles. The molecule has 1 saturated carbocycles. The van der Waals surface area contributed by atoms with Gasteiger partial charge in [-0.2, -0.15) is 0 Å². The van der Waals surface area contributed by atoms with Gasteiger partial charge in [-0.1, -0.05) is 18.6 Å². The predicted octanol–water partition coefficient (Wildman–Crippen LogP) is 2.91. The van der Waals surface area contributed by atoms with Crippen LogP contribution in [-0.2, 0) is 4.79 Å². The summed E-state index contributed by atoms with van der Waals surface area (Å²) in [5.41, 5.74) is 2.30. The van der Waals surface area contributed by atoms with Crippen LogP contribution in [0.3, 0.4) is 0 Å². The van der Waals surface area contributed by atoms with Crippen molar-refractivity contribution in [1.82, 2.24) is 0 Å². The Kier molecular flexibility index (Phi) is 2.53. The smallest absolute Gasteiger partial charge is 0.221 e. The zero-order chi connectivity index (χ0) is 9.97. The molecule has 2 nitrogen and oxygen atoms in total. The van der Waals surface area contributed by atoms with Gasteiger partial charge in [0.15, 0.2) is 0 Å². The average Bonchev–Trinajstić information content (AvgIpc) is 2.04. The topological polar surface area (TPSA) is 29.1 Å². The van der Waals surface area contributed by atoms with Crippen LogP contribution in [0.15, 0.2) is 24.3 Å². The zero-order valence-electron chi connectivity index (χ0n) is 8.42. The van der Waals surface area contributed by atoms with E-state index < -0.39 is 0 Å². The minimum atomic E-state index is -0.0126.